The van der Waals surface area contributed by atoms with Crippen LogP contribution in [-0.2, 0) is 4.79 Å². The van der Waals surface area contributed by atoms with Gasteiger partial charge in [0.05, 0.1) is 11.1 Å². The molecule has 24 heavy (non-hydrogen) atoms. The number of amides is 3. The van der Waals surface area contributed by atoms with Crippen LogP contribution in [0.3, 0.4) is 0 Å². The number of rotatable bonds is 7. The maximum absolute atomic E-state index is 12.2. The van der Waals surface area contributed by atoms with Crippen molar-refractivity contribution in [3.8, 4) is 0 Å². The van der Waals surface area contributed by atoms with E-state index in [4.69, 9.17) is 0 Å². The van der Waals surface area contributed by atoms with Gasteiger partial charge in [0.1, 0.15) is 6.54 Å². The summed E-state index contributed by atoms with van der Waals surface area (Å²) in [5.74, 6) is -1.13. The van der Waals surface area contributed by atoms with Crippen LogP contribution in [0, 0.1) is 0 Å². The van der Waals surface area contributed by atoms with E-state index < -0.39 is 11.8 Å². The smallest absolute Gasteiger partial charge is 0.262 e. The van der Waals surface area contributed by atoms with Crippen molar-refractivity contribution in [1.82, 2.24) is 15.1 Å². The van der Waals surface area contributed by atoms with Gasteiger partial charge >= 0.3 is 0 Å². The van der Waals surface area contributed by atoms with Gasteiger partial charge in [-0.05, 0) is 39.8 Å². The average Bonchev–Trinajstić information content (AvgIpc) is 2.76. The number of imide groups is 1. The lowest BCUT2D eigenvalue weighted by atomic mass is 10.1. The van der Waals surface area contributed by atoms with Gasteiger partial charge in [-0.3, -0.25) is 24.2 Å². The summed E-state index contributed by atoms with van der Waals surface area (Å²) in [6.45, 7) is 9.42. The predicted molar refractivity (Wildman–Crippen MR) is 91.8 cm³/mol. The zero-order valence-electron chi connectivity index (χ0n) is 14.7. The topological polar surface area (TPSA) is 69.7 Å². The van der Waals surface area contributed by atoms with Gasteiger partial charge in [-0.15, -0.1) is 0 Å². The van der Waals surface area contributed by atoms with Crippen molar-refractivity contribution in [2.75, 3.05) is 19.6 Å². The minimum absolute atomic E-state index is 0.240. The van der Waals surface area contributed by atoms with Gasteiger partial charge in [0, 0.05) is 25.2 Å². The van der Waals surface area contributed by atoms with Crippen molar-refractivity contribution in [2.24, 2.45) is 0 Å². The molecule has 0 aliphatic carbocycles. The van der Waals surface area contributed by atoms with Crippen molar-refractivity contribution in [2.45, 2.75) is 39.8 Å². The monoisotopic (exact) mass is 331 g/mol. The molecule has 0 saturated carbocycles. The van der Waals surface area contributed by atoms with Crippen LogP contribution >= 0.6 is 0 Å². The lowest BCUT2D eigenvalue weighted by molar-refractivity contribution is -0.121. The number of carbonyl (C=O) groups excluding carboxylic acids is 3. The molecular weight excluding hydrogens is 306 g/mol. The first-order valence-corrected chi connectivity index (χ1v) is 8.30. The van der Waals surface area contributed by atoms with Crippen LogP contribution in [0.4, 0.5) is 0 Å². The Bertz CT molecular complexity index is 597. The van der Waals surface area contributed by atoms with Crippen LogP contribution in [0.1, 0.15) is 48.4 Å². The highest BCUT2D eigenvalue weighted by Crippen LogP contribution is 2.21. The number of fused-ring (bicyclic) bond motifs is 1. The molecule has 1 aliphatic rings. The van der Waals surface area contributed by atoms with Crippen molar-refractivity contribution in [1.29, 1.82) is 0 Å². The second kappa shape index (κ2) is 7.57. The summed E-state index contributed by atoms with van der Waals surface area (Å²) in [6, 6.07) is 7.41. The number of hydrogen-bond donors (Lipinski definition) is 1. The molecule has 0 bridgehead atoms. The lowest BCUT2D eigenvalue weighted by Crippen LogP contribution is -2.45. The molecule has 0 radical (unpaired) electrons. The van der Waals surface area contributed by atoms with E-state index in [1.54, 1.807) is 24.3 Å². The highest BCUT2D eigenvalue weighted by molar-refractivity contribution is 6.22. The van der Waals surface area contributed by atoms with Gasteiger partial charge in [-0.2, -0.15) is 0 Å². The van der Waals surface area contributed by atoms with Crippen LogP contribution in [0.25, 0.3) is 0 Å². The molecular formula is C18H25N3O3. The fourth-order valence-corrected chi connectivity index (χ4v) is 3.02. The highest BCUT2D eigenvalue weighted by atomic mass is 16.2. The van der Waals surface area contributed by atoms with Crippen LogP contribution in [0.5, 0.6) is 0 Å². The third-order valence-electron chi connectivity index (χ3n) is 4.20. The zero-order valence-corrected chi connectivity index (χ0v) is 14.7. The first kappa shape index (κ1) is 18.1. The molecule has 1 aromatic rings. The van der Waals surface area contributed by atoms with Crippen LogP contribution in [0.15, 0.2) is 24.3 Å². The zero-order chi connectivity index (χ0) is 17.9. The Morgan fingerprint density at radius 2 is 1.54 bits per heavy atom. The molecule has 1 N–H and O–H groups in total. The Morgan fingerprint density at radius 1 is 1.04 bits per heavy atom. The number of benzene rings is 1. The minimum atomic E-state index is -0.406. The van der Waals surface area contributed by atoms with Crippen molar-refractivity contribution >= 4 is 17.7 Å². The molecule has 0 fully saturated rings. The predicted octanol–water partition coefficient (Wildman–Crippen LogP) is 1.52. The van der Waals surface area contributed by atoms with E-state index in [-0.39, 0.29) is 12.5 Å². The summed E-state index contributed by atoms with van der Waals surface area (Å²) < 4.78 is 0. The Labute approximate surface area is 142 Å². The molecule has 0 spiro atoms. The molecule has 130 valence electrons. The van der Waals surface area contributed by atoms with E-state index in [0.29, 0.717) is 29.8 Å². The number of carbonyl (C=O) groups is 3. The summed E-state index contributed by atoms with van der Waals surface area (Å²) in [7, 11) is 0. The van der Waals surface area contributed by atoms with Gasteiger partial charge in [-0.25, -0.2) is 0 Å². The van der Waals surface area contributed by atoms with Crippen molar-refractivity contribution in [3.05, 3.63) is 35.4 Å². The molecule has 0 unspecified atom stereocenters. The Hall–Kier alpha value is -2.21. The fourth-order valence-electron chi connectivity index (χ4n) is 3.02. The summed E-state index contributed by atoms with van der Waals surface area (Å²) >= 11 is 0. The van der Waals surface area contributed by atoms with Gasteiger partial charge in [0.2, 0.25) is 5.91 Å². The molecule has 6 nitrogen and oxygen atoms in total. The molecule has 6 heteroatoms. The van der Waals surface area contributed by atoms with E-state index in [9.17, 15) is 14.4 Å². The molecule has 1 aliphatic heterocycles. The minimum Gasteiger partial charge on any atom is -0.353 e. The molecule has 0 saturated heterocycles. The second-order valence-corrected chi connectivity index (χ2v) is 6.52. The van der Waals surface area contributed by atoms with Gasteiger partial charge in [0.15, 0.2) is 0 Å². The summed E-state index contributed by atoms with van der Waals surface area (Å²) in [4.78, 5) is 39.8. The molecule has 1 heterocycles. The maximum atomic E-state index is 12.2. The van der Waals surface area contributed by atoms with Crippen molar-refractivity contribution in [3.63, 3.8) is 0 Å². The number of nitrogens with zero attached hydrogens (tertiary/aromatic N) is 2. The van der Waals surface area contributed by atoms with E-state index >= 15 is 0 Å². The molecule has 0 atom stereocenters. The first-order valence-electron chi connectivity index (χ1n) is 8.30. The Morgan fingerprint density at radius 3 is 2.00 bits per heavy atom. The fraction of sp³-hybridized carbons (Fsp3) is 0.500. The van der Waals surface area contributed by atoms with Crippen molar-refractivity contribution < 1.29 is 14.4 Å². The SMILES string of the molecule is CC(C)N(CCNC(=O)CN1C(=O)c2ccccc2C1=O)C(C)C. The van der Waals surface area contributed by atoms with E-state index in [2.05, 4.69) is 37.9 Å². The molecule has 2 rings (SSSR count). The normalized spacial score (nSPS) is 14.0. The highest BCUT2D eigenvalue weighted by Gasteiger charge is 2.36. The number of hydrogen-bond acceptors (Lipinski definition) is 4. The molecule has 3 amide bonds. The third-order valence-corrected chi connectivity index (χ3v) is 4.20. The average molecular weight is 331 g/mol. The van der Waals surface area contributed by atoms with E-state index in [1.807, 2.05) is 0 Å². The first-order chi connectivity index (χ1) is 11.3. The van der Waals surface area contributed by atoms with E-state index in [0.717, 1.165) is 11.4 Å². The maximum Gasteiger partial charge on any atom is 0.262 e. The standard InChI is InChI=1S/C18H25N3O3/c1-12(2)20(13(3)4)10-9-19-16(22)11-21-17(23)14-7-5-6-8-15(14)18(21)24/h5-8,12-13H,9-11H2,1-4H3,(H,19,22). The summed E-state index contributed by atoms with van der Waals surface area (Å²) in [6.07, 6.45) is 0. The van der Waals surface area contributed by atoms with Gasteiger partial charge in [0.25, 0.3) is 11.8 Å². The molecule has 1 aromatic carbocycles. The van der Waals surface area contributed by atoms with Gasteiger partial charge in [-0.1, -0.05) is 12.1 Å². The second-order valence-electron chi connectivity index (χ2n) is 6.52. The summed E-state index contributed by atoms with van der Waals surface area (Å²) in [5.41, 5.74) is 0.724. The van der Waals surface area contributed by atoms with E-state index in [1.165, 1.54) is 0 Å². The summed E-state index contributed by atoms with van der Waals surface area (Å²) in [5, 5.41) is 2.79. The Kier molecular flexibility index (Phi) is 5.72. The Balaban J connectivity index is 1.88. The lowest BCUT2D eigenvalue weighted by Gasteiger charge is -2.30. The molecule has 0 aromatic heterocycles. The van der Waals surface area contributed by atoms with Crippen LogP contribution < -0.4 is 5.32 Å². The third kappa shape index (κ3) is 3.82. The largest absolute Gasteiger partial charge is 0.353 e. The number of nitrogens with one attached hydrogen (secondary N) is 1. The quantitative estimate of drug-likeness (QED) is 0.769. The van der Waals surface area contributed by atoms with Crippen LogP contribution in [-0.4, -0.2) is 59.2 Å². The van der Waals surface area contributed by atoms with Crippen LogP contribution in [0.2, 0.25) is 0 Å². The van der Waals surface area contributed by atoms with Gasteiger partial charge < -0.3 is 5.32 Å².